The van der Waals surface area contributed by atoms with E-state index in [-0.39, 0.29) is 0 Å². The van der Waals surface area contributed by atoms with Gasteiger partial charge >= 0.3 is 0 Å². The maximum absolute atomic E-state index is 6.59. The quantitative estimate of drug-likeness (QED) is 0.135. The zero-order valence-corrected chi connectivity index (χ0v) is 28.5. The molecule has 0 saturated heterocycles. The fourth-order valence-electron chi connectivity index (χ4n) is 7.63. The van der Waals surface area contributed by atoms with Crippen molar-refractivity contribution in [1.82, 2.24) is 4.57 Å². The molecule has 3 heterocycles. The van der Waals surface area contributed by atoms with E-state index in [1.165, 1.54) is 11.1 Å². The second-order valence-corrected chi connectivity index (χ2v) is 13.3. The third-order valence-electron chi connectivity index (χ3n) is 10.2. The largest absolute Gasteiger partial charge is 0.455 e. The number of hydrogen-bond acceptors (Lipinski definition) is 3. The van der Waals surface area contributed by atoms with E-state index in [0.717, 1.165) is 88.2 Å². The fraction of sp³-hybridized carbons (Fsp3) is 0.0208. The van der Waals surface area contributed by atoms with E-state index >= 15 is 0 Å². The van der Waals surface area contributed by atoms with Gasteiger partial charge in [0.05, 0.1) is 22.1 Å². The van der Waals surface area contributed by atoms with Crippen LogP contribution in [0.5, 0.6) is 0 Å². The monoisotopic (exact) mass is 668 g/mol. The molecule has 0 N–H and O–H groups in total. The van der Waals surface area contributed by atoms with Gasteiger partial charge in [-0.2, -0.15) is 0 Å². The highest BCUT2D eigenvalue weighted by atomic mass is 16.3. The summed E-state index contributed by atoms with van der Waals surface area (Å²) in [5, 5.41) is 6.46. The highest BCUT2D eigenvalue weighted by Crippen LogP contribution is 2.40. The van der Waals surface area contributed by atoms with Crippen molar-refractivity contribution in [3.05, 3.63) is 182 Å². The Kier molecular flexibility index (Phi) is 6.83. The van der Waals surface area contributed by atoms with Crippen LogP contribution in [0.15, 0.2) is 184 Å². The van der Waals surface area contributed by atoms with Gasteiger partial charge < -0.3 is 8.83 Å². The van der Waals surface area contributed by atoms with E-state index in [1.807, 2.05) is 48.5 Å². The number of hydrogen-bond donors (Lipinski definition) is 0. The average molecular weight is 669 g/mol. The van der Waals surface area contributed by atoms with Gasteiger partial charge in [-0.3, -0.25) is 4.57 Å². The third kappa shape index (κ3) is 4.73. The first-order valence-corrected chi connectivity index (χ1v) is 17.5. The Hall–Kier alpha value is -6.91. The summed E-state index contributed by atoms with van der Waals surface area (Å²) in [5.74, 6) is 0.740. The first-order chi connectivity index (χ1) is 25.6. The maximum atomic E-state index is 6.59. The number of nitrogens with zero attached hydrogens (tertiary/aromatic N) is 2. The van der Waals surface area contributed by atoms with E-state index < -0.39 is 0 Å². The summed E-state index contributed by atoms with van der Waals surface area (Å²) in [6.45, 7) is 6.69. The van der Waals surface area contributed by atoms with Gasteiger partial charge in [0.25, 0.3) is 0 Å². The lowest BCUT2D eigenvalue weighted by Crippen LogP contribution is -2.10. The van der Waals surface area contributed by atoms with Crippen LogP contribution in [-0.2, 0) is 0 Å². The molecule has 0 saturated carbocycles. The van der Waals surface area contributed by atoms with E-state index in [1.54, 1.807) is 0 Å². The van der Waals surface area contributed by atoms with Gasteiger partial charge in [-0.15, -0.1) is 0 Å². The molecular formula is C48H32N2O2. The van der Waals surface area contributed by atoms with Crippen molar-refractivity contribution < 1.29 is 8.83 Å². The molecule has 0 bridgehead atoms. The molecule has 52 heavy (non-hydrogen) atoms. The molecule has 0 aliphatic heterocycles. The third-order valence-corrected chi connectivity index (χ3v) is 10.2. The summed E-state index contributed by atoms with van der Waals surface area (Å²) < 4.78 is 15.3. The van der Waals surface area contributed by atoms with Crippen LogP contribution >= 0.6 is 0 Å². The Bertz CT molecular complexity index is 3080. The van der Waals surface area contributed by atoms with Crippen molar-refractivity contribution in [2.45, 2.75) is 6.92 Å². The number of para-hydroxylation sites is 4. The fourth-order valence-corrected chi connectivity index (χ4v) is 7.63. The molecule has 0 aliphatic rings. The Labute approximate surface area is 299 Å². The van der Waals surface area contributed by atoms with Crippen molar-refractivity contribution >= 4 is 82.8 Å². The van der Waals surface area contributed by atoms with Crippen molar-refractivity contribution in [3.8, 4) is 11.1 Å². The van der Waals surface area contributed by atoms with E-state index in [4.69, 9.17) is 13.8 Å². The number of fused-ring (bicyclic) bond motifs is 10. The summed E-state index contributed by atoms with van der Waals surface area (Å²) in [6, 6.07) is 54.6. The second-order valence-electron chi connectivity index (χ2n) is 13.3. The van der Waals surface area contributed by atoms with E-state index in [0.29, 0.717) is 5.70 Å². The smallest absolute Gasteiger partial charge is 0.145 e. The first-order valence-electron chi connectivity index (χ1n) is 17.5. The van der Waals surface area contributed by atoms with Crippen LogP contribution in [0.2, 0.25) is 0 Å². The number of aliphatic imine (C=N–C) groups is 1. The molecule has 4 nitrogen and oxygen atoms in total. The standard InChI is InChI=1S/C48H32N2O2/c1-30(32-23-25-34(26-24-32)33-13-4-3-5-14-33)29-45(49-31(2)35-18-12-19-38-36-15-7-10-21-43(36)51-47(35)38)50-41-20-9-6-17-40(41)46-42(50)28-27-39-37-16-8-11-22-44(37)52-48(39)46/h3-29H,2H2,1H3/b30-29+,49-45?. The Morgan fingerprint density at radius 3 is 1.88 bits per heavy atom. The molecule has 0 amide bonds. The number of aromatic nitrogens is 1. The van der Waals surface area contributed by atoms with Gasteiger partial charge in [0.15, 0.2) is 0 Å². The molecule has 4 heteroatoms. The minimum Gasteiger partial charge on any atom is -0.455 e. The van der Waals surface area contributed by atoms with Crippen molar-refractivity contribution in [2.24, 2.45) is 4.99 Å². The second kappa shape index (κ2) is 11.9. The molecule has 0 atom stereocenters. The molecule has 0 aliphatic carbocycles. The Morgan fingerprint density at radius 2 is 1.13 bits per heavy atom. The number of rotatable bonds is 5. The molecule has 0 spiro atoms. The number of furan rings is 2. The van der Waals surface area contributed by atoms with Gasteiger partial charge in [-0.25, -0.2) is 4.99 Å². The van der Waals surface area contributed by atoms with Crippen LogP contribution in [0.4, 0.5) is 0 Å². The van der Waals surface area contributed by atoms with Crippen molar-refractivity contribution in [3.63, 3.8) is 0 Å². The van der Waals surface area contributed by atoms with Crippen LogP contribution < -0.4 is 0 Å². The molecule has 3 aromatic heterocycles. The summed E-state index contributed by atoms with van der Waals surface area (Å²) in [5.41, 5.74) is 11.4. The summed E-state index contributed by atoms with van der Waals surface area (Å²) in [6.07, 6.45) is 2.16. The Morgan fingerprint density at radius 1 is 0.538 bits per heavy atom. The normalized spacial score (nSPS) is 12.6. The topological polar surface area (TPSA) is 43.6 Å². The van der Waals surface area contributed by atoms with Crippen LogP contribution in [0, 0.1) is 0 Å². The predicted octanol–water partition coefficient (Wildman–Crippen LogP) is 13.3. The minimum atomic E-state index is 0.610. The molecule has 10 aromatic rings. The number of benzene rings is 7. The predicted molar refractivity (Wildman–Crippen MR) is 218 cm³/mol. The zero-order valence-electron chi connectivity index (χ0n) is 28.5. The zero-order chi connectivity index (χ0) is 34.8. The maximum Gasteiger partial charge on any atom is 0.145 e. The van der Waals surface area contributed by atoms with Crippen molar-refractivity contribution in [1.29, 1.82) is 0 Å². The van der Waals surface area contributed by atoms with Gasteiger partial charge in [-0.1, -0.05) is 128 Å². The molecular weight excluding hydrogens is 637 g/mol. The molecule has 10 rings (SSSR count). The van der Waals surface area contributed by atoms with Gasteiger partial charge in [0.2, 0.25) is 0 Å². The molecule has 246 valence electrons. The molecule has 0 unspecified atom stereocenters. The van der Waals surface area contributed by atoms with Gasteiger partial charge in [-0.05, 0) is 71.7 Å². The lowest BCUT2D eigenvalue weighted by atomic mass is 10.0. The minimum absolute atomic E-state index is 0.610. The summed E-state index contributed by atoms with van der Waals surface area (Å²) in [4.78, 5) is 5.38. The van der Waals surface area contributed by atoms with Gasteiger partial charge in [0.1, 0.15) is 28.2 Å². The van der Waals surface area contributed by atoms with Gasteiger partial charge in [0, 0.05) is 32.5 Å². The van der Waals surface area contributed by atoms with Crippen molar-refractivity contribution in [2.75, 3.05) is 0 Å². The van der Waals surface area contributed by atoms with E-state index in [2.05, 4.69) is 133 Å². The first kappa shape index (κ1) is 30.0. The Balaban J connectivity index is 1.20. The van der Waals surface area contributed by atoms with Crippen LogP contribution in [-0.4, -0.2) is 10.4 Å². The van der Waals surface area contributed by atoms with Crippen LogP contribution in [0.1, 0.15) is 18.1 Å². The lowest BCUT2D eigenvalue weighted by molar-refractivity contribution is 0.667. The molecule has 0 fully saturated rings. The highest BCUT2D eigenvalue weighted by Gasteiger charge is 2.21. The lowest BCUT2D eigenvalue weighted by Gasteiger charge is -2.12. The average Bonchev–Trinajstić information content (AvgIpc) is 3.87. The van der Waals surface area contributed by atoms with Crippen LogP contribution in [0.3, 0.4) is 0 Å². The summed E-state index contributed by atoms with van der Waals surface area (Å²) in [7, 11) is 0. The molecule has 7 aromatic carbocycles. The highest BCUT2D eigenvalue weighted by molar-refractivity contribution is 6.27. The molecule has 0 radical (unpaired) electrons. The SMILES string of the molecule is C=C(N=C(/C=C(\C)c1ccc(-c2ccccc2)cc1)n1c2ccccc2c2c3oc4ccccc4c3ccc21)c1cccc2c1oc1ccccc12. The van der Waals surface area contributed by atoms with E-state index in [9.17, 15) is 0 Å². The number of allylic oxidation sites excluding steroid dienone is 2. The van der Waals surface area contributed by atoms with Crippen LogP contribution in [0.25, 0.3) is 88.1 Å². The summed E-state index contributed by atoms with van der Waals surface area (Å²) >= 11 is 0.